The molecule has 0 bridgehead atoms. The number of sulfonamides is 1. The van der Waals surface area contributed by atoms with Gasteiger partial charge in [-0.15, -0.1) is 0 Å². The maximum absolute atomic E-state index is 12.2. The van der Waals surface area contributed by atoms with Gasteiger partial charge in [-0.2, -0.15) is 0 Å². The molecule has 0 amide bonds. The van der Waals surface area contributed by atoms with Gasteiger partial charge in [0.05, 0.1) is 12.0 Å². The number of benzene rings is 3. The molecule has 3 aromatic carbocycles. The Morgan fingerprint density at radius 2 is 1.48 bits per heavy atom. The largest absolute Gasteiger partial charge is 0.496 e. The summed E-state index contributed by atoms with van der Waals surface area (Å²) in [6.45, 7) is 4.07. The molecule has 1 heterocycles. The van der Waals surface area contributed by atoms with Crippen LogP contribution in [0.25, 0.3) is 22.3 Å². The second-order valence-corrected chi connectivity index (χ2v) is 8.47. The number of fused-ring (bicyclic) bond motifs is 1. The smallest absolute Gasteiger partial charge is 0.238 e. The van der Waals surface area contributed by atoms with E-state index in [4.69, 9.17) is 19.3 Å². The molecule has 1 aliphatic heterocycles. The Kier molecular flexibility index (Phi) is 4.72. The van der Waals surface area contributed by atoms with Crippen LogP contribution in [0.4, 0.5) is 0 Å². The van der Waals surface area contributed by atoms with Gasteiger partial charge in [0.1, 0.15) is 5.75 Å². The van der Waals surface area contributed by atoms with E-state index >= 15 is 0 Å². The Bertz CT molecular complexity index is 1190. The van der Waals surface area contributed by atoms with Gasteiger partial charge >= 0.3 is 0 Å². The average molecular weight is 411 g/mol. The molecule has 0 unspecified atom stereocenters. The number of methoxy groups -OCH3 is 1. The summed E-state index contributed by atoms with van der Waals surface area (Å²) in [5.74, 6) is 2.00. The normalized spacial score (nSPS) is 12.8. The molecule has 6 nitrogen and oxygen atoms in total. The van der Waals surface area contributed by atoms with Crippen LogP contribution in [0.2, 0.25) is 0 Å². The van der Waals surface area contributed by atoms with E-state index in [0.29, 0.717) is 22.6 Å². The minimum Gasteiger partial charge on any atom is -0.496 e. The van der Waals surface area contributed by atoms with Gasteiger partial charge in [0.25, 0.3) is 0 Å². The van der Waals surface area contributed by atoms with Crippen molar-refractivity contribution >= 4 is 10.0 Å². The van der Waals surface area contributed by atoms with Gasteiger partial charge in [-0.3, -0.25) is 0 Å². The zero-order valence-electron chi connectivity index (χ0n) is 16.4. The highest BCUT2D eigenvalue weighted by Gasteiger charge is 2.23. The summed E-state index contributed by atoms with van der Waals surface area (Å²) >= 11 is 0. The standard InChI is InChI=1S/C22H21NO5S/c1-13-8-15(9-14(2)22(13)26-3)17-10-19-20(28-12-27-19)11-18(17)16-6-4-5-7-21(16)29(23,24)25/h4-11H,12H2,1-3H3,(H2,23,24,25). The number of aryl methyl sites for hydroxylation is 2. The zero-order valence-corrected chi connectivity index (χ0v) is 17.2. The summed E-state index contributed by atoms with van der Waals surface area (Å²) < 4.78 is 41.0. The highest BCUT2D eigenvalue weighted by atomic mass is 32.2. The Balaban J connectivity index is 2.03. The molecule has 150 valence electrons. The summed E-state index contributed by atoms with van der Waals surface area (Å²) in [5, 5.41) is 5.48. The third kappa shape index (κ3) is 3.43. The molecule has 0 aliphatic carbocycles. The zero-order chi connectivity index (χ0) is 20.8. The lowest BCUT2D eigenvalue weighted by Gasteiger charge is -2.17. The molecule has 1 aliphatic rings. The highest BCUT2D eigenvalue weighted by Crippen LogP contribution is 2.45. The molecule has 7 heteroatoms. The van der Waals surface area contributed by atoms with Gasteiger partial charge in [-0.1, -0.05) is 18.2 Å². The van der Waals surface area contributed by atoms with Crippen molar-refractivity contribution in [3.63, 3.8) is 0 Å². The van der Waals surface area contributed by atoms with Crippen molar-refractivity contribution in [2.24, 2.45) is 5.14 Å². The second-order valence-electron chi connectivity index (χ2n) is 6.94. The van der Waals surface area contributed by atoms with E-state index in [9.17, 15) is 8.42 Å². The first kappa shape index (κ1) is 19.3. The van der Waals surface area contributed by atoms with Crippen molar-refractivity contribution in [2.75, 3.05) is 13.9 Å². The number of ether oxygens (including phenoxy) is 3. The molecule has 29 heavy (non-hydrogen) atoms. The molecule has 4 rings (SSSR count). The topological polar surface area (TPSA) is 87.9 Å². The first-order chi connectivity index (χ1) is 13.8. The van der Waals surface area contributed by atoms with Gasteiger partial charge in [0, 0.05) is 5.56 Å². The molecule has 0 fully saturated rings. The summed E-state index contributed by atoms with van der Waals surface area (Å²) in [6.07, 6.45) is 0. The van der Waals surface area contributed by atoms with Crippen LogP contribution in [-0.2, 0) is 10.0 Å². The van der Waals surface area contributed by atoms with E-state index in [-0.39, 0.29) is 11.7 Å². The predicted octanol–water partition coefficient (Wildman–Crippen LogP) is 4.02. The fraction of sp³-hybridized carbons (Fsp3) is 0.182. The van der Waals surface area contributed by atoms with Crippen molar-refractivity contribution in [3.05, 3.63) is 59.7 Å². The Morgan fingerprint density at radius 1 is 0.897 bits per heavy atom. The molecule has 0 atom stereocenters. The first-order valence-corrected chi connectivity index (χ1v) is 10.6. The van der Waals surface area contributed by atoms with Crippen LogP contribution in [0, 0.1) is 13.8 Å². The number of primary sulfonamides is 1. The van der Waals surface area contributed by atoms with Gasteiger partial charge in [-0.05, 0) is 72.0 Å². The van der Waals surface area contributed by atoms with E-state index in [2.05, 4.69) is 0 Å². The van der Waals surface area contributed by atoms with Gasteiger partial charge in [0.15, 0.2) is 11.5 Å². The lowest BCUT2D eigenvalue weighted by Crippen LogP contribution is -2.13. The Labute approximate surface area is 169 Å². The first-order valence-electron chi connectivity index (χ1n) is 9.01. The third-order valence-electron chi connectivity index (χ3n) is 4.97. The van der Waals surface area contributed by atoms with Crippen molar-refractivity contribution in [3.8, 4) is 39.5 Å². The van der Waals surface area contributed by atoms with Crippen LogP contribution >= 0.6 is 0 Å². The maximum Gasteiger partial charge on any atom is 0.238 e. The van der Waals surface area contributed by atoms with Crippen molar-refractivity contribution in [1.82, 2.24) is 0 Å². The molecule has 2 N–H and O–H groups in total. The molecule has 0 spiro atoms. The van der Waals surface area contributed by atoms with Crippen molar-refractivity contribution in [2.45, 2.75) is 18.7 Å². The predicted molar refractivity (Wildman–Crippen MR) is 111 cm³/mol. The van der Waals surface area contributed by atoms with E-state index in [1.165, 1.54) is 6.07 Å². The van der Waals surface area contributed by atoms with Crippen LogP contribution in [0.5, 0.6) is 17.2 Å². The minimum absolute atomic E-state index is 0.0575. The van der Waals surface area contributed by atoms with Gasteiger partial charge in [0.2, 0.25) is 16.8 Å². The number of rotatable bonds is 4. The Morgan fingerprint density at radius 3 is 2.07 bits per heavy atom. The molecular formula is C22H21NO5S. The molecule has 0 radical (unpaired) electrons. The van der Waals surface area contributed by atoms with Crippen LogP contribution < -0.4 is 19.3 Å². The summed E-state index contributed by atoms with van der Waals surface area (Å²) in [6, 6.07) is 14.4. The minimum atomic E-state index is -3.91. The van der Waals surface area contributed by atoms with Crippen LogP contribution in [-0.4, -0.2) is 22.3 Å². The summed E-state index contributed by atoms with van der Waals surface area (Å²) in [4.78, 5) is 0.0575. The van der Waals surface area contributed by atoms with Crippen LogP contribution in [0.3, 0.4) is 0 Å². The lowest BCUT2D eigenvalue weighted by atomic mass is 9.91. The fourth-order valence-electron chi connectivity index (χ4n) is 3.77. The van der Waals surface area contributed by atoms with E-state index in [1.807, 2.05) is 32.0 Å². The van der Waals surface area contributed by atoms with Gasteiger partial charge < -0.3 is 14.2 Å². The molecule has 3 aromatic rings. The molecule has 0 aromatic heterocycles. The van der Waals surface area contributed by atoms with Crippen molar-refractivity contribution in [1.29, 1.82) is 0 Å². The van der Waals surface area contributed by atoms with E-state index in [1.54, 1.807) is 31.4 Å². The van der Waals surface area contributed by atoms with Crippen molar-refractivity contribution < 1.29 is 22.6 Å². The fourth-order valence-corrected chi connectivity index (χ4v) is 4.52. The second kappa shape index (κ2) is 7.09. The number of hydrogen-bond donors (Lipinski definition) is 1. The average Bonchev–Trinajstić information content (AvgIpc) is 3.13. The molecular weight excluding hydrogens is 390 g/mol. The number of nitrogens with two attached hydrogens (primary N) is 1. The summed E-state index contributed by atoms with van der Waals surface area (Å²) in [7, 11) is -2.27. The summed E-state index contributed by atoms with van der Waals surface area (Å²) in [5.41, 5.74) is 4.89. The monoisotopic (exact) mass is 411 g/mol. The Hall–Kier alpha value is -3.03. The number of hydrogen-bond acceptors (Lipinski definition) is 5. The third-order valence-corrected chi connectivity index (χ3v) is 5.94. The maximum atomic E-state index is 12.2. The molecule has 0 saturated heterocycles. The van der Waals surface area contributed by atoms with Crippen LogP contribution in [0.1, 0.15) is 11.1 Å². The van der Waals surface area contributed by atoms with E-state index < -0.39 is 10.0 Å². The molecule has 0 saturated carbocycles. The quantitative estimate of drug-likeness (QED) is 0.700. The van der Waals surface area contributed by atoms with E-state index in [0.717, 1.165) is 28.0 Å². The highest BCUT2D eigenvalue weighted by molar-refractivity contribution is 7.89. The van der Waals surface area contributed by atoms with Gasteiger partial charge in [-0.25, -0.2) is 13.6 Å². The lowest BCUT2D eigenvalue weighted by molar-refractivity contribution is 0.174. The SMILES string of the molecule is COc1c(C)cc(-c2cc3c(cc2-c2ccccc2S(N)(=O)=O)OCO3)cc1C. The van der Waals surface area contributed by atoms with Crippen LogP contribution in [0.15, 0.2) is 53.4 Å².